The summed E-state index contributed by atoms with van der Waals surface area (Å²) in [6.07, 6.45) is 4.86. The molecule has 4 rings (SSSR count). The lowest BCUT2D eigenvalue weighted by Crippen LogP contribution is -2.43. The van der Waals surface area contributed by atoms with Crippen molar-refractivity contribution in [3.8, 4) is 5.75 Å². The van der Waals surface area contributed by atoms with Gasteiger partial charge in [-0.15, -0.1) is 0 Å². The number of amides is 2. The number of nitrogens with one attached hydrogen (secondary N) is 2. The number of carbonyl (C=O) groups excluding carboxylic acids is 2. The molecule has 0 aliphatic heterocycles. The van der Waals surface area contributed by atoms with Crippen molar-refractivity contribution in [1.29, 1.82) is 0 Å². The minimum absolute atomic E-state index is 0.0573. The van der Waals surface area contributed by atoms with Crippen molar-refractivity contribution in [2.45, 2.75) is 52.0 Å². The molecule has 0 bridgehead atoms. The summed E-state index contributed by atoms with van der Waals surface area (Å²) >= 11 is 0. The van der Waals surface area contributed by atoms with Crippen molar-refractivity contribution >= 4 is 17.8 Å². The van der Waals surface area contributed by atoms with Crippen molar-refractivity contribution in [1.82, 2.24) is 25.4 Å². The number of hydrogen-bond donors (Lipinski definition) is 6. The molecule has 0 fully saturated rings. The van der Waals surface area contributed by atoms with Crippen molar-refractivity contribution in [3.05, 3.63) is 94.7 Å². The molecule has 13 nitrogen and oxygen atoms in total. The first-order chi connectivity index (χ1) is 21.1. The van der Waals surface area contributed by atoms with E-state index in [0.29, 0.717) is 18.7 Å². The van der Waals surface area contributed by atoms with E-state index in [1.165, 1.54) is 0 Å². The van der Waals surface area contributed by atoms with Gasteiger partial charge in [-0.3, -0.25) is 14.6 Å². The molecule has 9 N–H and O–H groups in total. The highest BCUT2D eigenvalue weighted by Crippen LogP contribution is 2.29. The second kappa shape index (κ2) is 14.8. The van der Waals surface area contributed by atoms with Gasteiger partial charge in [0.15, 0.2) is 11.8 Å². The average molecular weight is 602 g/mol. The number of imidazole rings is 1. The van der Waals surface area contributed by atoms with Gasteiger partial charge in [0.25, 0.3) is 0 Å². The SMILES string of the molecule is Cc1cc(O)cc(C)c1C[C@H](C(=O)N[C@@H](Cc1cnc[nH]1)c1nc(Cc2ccccc2)no1)C(CCCN=C(N)N)C(N)=O. The molecule has 4 aromatic rings. The van der Waals surface area contributed by atoms with Gasteiger partial charge in [-0.2, -0.15) is 4.98 Å². The van der Waals surface area contributed by atoms with Gasteiger partial charge in [-0.25, -0.2) is 4.98 Å². The number of guanidine groups is 1. The molecule has 0 aliphatic carbocycles. The van der Waals surface area contributed by atoms with Crippen LogP contribution in [0.15, 0.2) is 64.5 Å². The number of nitrogens with zero attached hydrogens (tertiary/aromatic N) is 4. The first-order valence-electron chi connectivity index (χ1n) is 14.4. The summed E-state index contributed by atoms with van der Waals surface area (Å²) in [6, 6.07) is 12.3. The number of aromatic amines is 1. The Kier molecular flexibility index (Phi) is 10.7. The number of hydrogen-bond acceptors (Lipinski definition) is 8. The summed E-state index contributed by atoms with van der Waals surface area (Å²) < 4.78 is 5.64. The van der Waals surface area contributed by atoms with Gasteiger partial charge in [0.2, 0.25) is 17.7 Å². The van der Waals surface area contributed by atoms with Crippen LogP contribution in [0.5, 0.6) is 5.75 Å². The van der Waals surface area contributed by atoms with Crippen LogP contribution in [0.25, 0.3) is 0 Å². The summed E-state index contributed by atoms with van der Waals surface area (Å²) in [6.45, 7) is 3.98. The highest BCUT2D eigenvalue weighted by molar-refractivity contribution is 5.87. The molecular formula is C31H39N9O4. The Morgan fingerprint density at radius 3 is 2.43 bits per heavy atom. The van der Waals surface area contributed by atoms with Gasteiger partial charge in [-0.05, 0) is 67.5 Å². The first kappa shape index (κ1) is 31.7. The summed E-state index contributed by atoms with van der Waals surface area (Å²) in [4.78, 5) is 42.7. The molecule has 2 amide bonds. The smallest absolute Gasteiger partial charge is 0.249 e. The Bertz CT molecular complexity index is 1540. The van der Waals surface area contributed by atoms with E-state index in [1.807, 2.05) is 44.2 Å². The van der Waals surface area contributed by atoms with E-state index < -0.39 is 29.7 Å². The number of nitrogens with two attached hydrogens (primary N) is 3. The van der Waals surface area contributed by atoms with E-state index in [4.69, 9.17) is 21.7 Å². The van der Waals surface area contributed by atoms with Gasteiger partial charge in [0, 0.05) is 37.2 Å². The van der Waals surface area contributed by atoms with Crippen LogP contribution in [0, 0.1) is 25.7 Å². The fourth-order valence-electron chi connectivity index (χ4n) is 5.35. The van der Waals surface area contributed by atoms with Crippen LogP contribution < -0.4 is 22.5 Å². The van der Waals surface area contributed by atoms with Gasteiger partial charge >= 0.3 is 0 Å². The minimum Gasteiger partial charge on any atom is -0.508 e. The highest BCUT2D eigenvalue weighted by atomic mass is 16.5. The Labute approximate surface area is 255 Å². The molecule has 0 aliphatic rings. The van der Waals surface area contributed by atoms with Crippen LogP contribution in [0.3, 0.4) is 0 Å². The van der Waals surface area contributed by atoms with Crippen LogP contribution >= 0.6 is 0 Å². The molecule has 2 aromatic heterocycles. The molecule has 1 unspecified atom stereocenters. The number of aryl methyl sites for hydroxylation is 2. The van der Waals surface area contributed by atoms with E-state index in [0.717, 1.165) is 27.9 Å². The van der Waals surface area contributed by atoms with Gasteiger partial charge in [-0.1, -0.05) is 35.5 Å². The number of benzene rings is 2. The molecule has 44 heavy (non-hydrogen) atoms. The Morgan fingerprint density at radius 2 is 1.80 bits per heavy atom. The number of phenolic OH excluding ortho intramolecular Hbond substituents is 1. The molecule has 0 saturated carbocycles. The Morgan fingerprint density at radius 1 is 1.07 bits per heavy atom. The van der Waals surface area contributed by atoms with Crippen LogP contribution in [-0.4, -0.2) is 49.5 Å². The lowest BCUT2D eigenvalue weighted by molar-refractivity contribution is -0.134. The third-order valence-electron chi connectivity index (χ3n) is 7.54. The third-order valence-corrected chi connectivity index (χ3v) is 7.54. The van der Waals surface area contributed by atoms with Gasteiger partial charge < -0.3 is 37.1 Å². The zero-order valence-electron chi connectivity index (χ0n) is 24.9. The topological polar surface area (TPSA) is 224 Å². The number of aromatic nitrogens is 4. The lowest BCUT2D eigenvalue weighted by Gasteiger charge is -2.27. The summed E-state index contributed by atoms with van der Waals surface area (Å²) in [5.74, 6) is -1.96. The summed E-state index contributed by atoms with van der Waals surface area (Å²) in [7, 11) is 0. The number of aliphatic imine (C=N–C) groups is 1. The van der Waals surface area contributed by atoms with Crippen molar-refractivity contribution in [2.75, 3.05) is 6.54 Å². The van der Waals surface area contributed by atoms with E-state index in [9.17, 15) is 14.7 Å². The lowest BCUT2D eigenvalue weighted by atomic mass is 9.80. The fourth-order valence-corrected chi connectivity index (χ4v) is 5.35. The number of primary amides is 1. The maximum Gasteiger partial charge on any atom is 0.249 e. The van der Waals surface area contributed by atoms with Crippen molar-refractivity contribution in [2.24, 2.45) is 34.0 Å². The minimum atomic E-state index is -0.857. The molecule has 0 radical (unpaired) electrons. The van der Waals surface area contributed by atoms with Crippen molar-refractivity contribution < 1.29 is 19.2 Å². The predicted molar refractivity (Wildman–Crippen MR) is 164 cm³/mol. The maximum absolute atomic E-state index is 14.2. The third kappa shape index (κ3) is 8.66. The molecule has 0 saturated heterocycles. The quantitative estimate of drug-likeness (QED) is 0.0665. The van der Waals surface area contributed by atoms with E-state index in [-0.39, 0.29) is 43.4 Å². The molecule has 232 valence electrons. The predicted octanol–water partition coefficient (Wildman–Crippen LogP) is 2.12. The highest BCUT2D eigenvalue weighted by Gasteiger charge is 2.35. The van der Waals surface area contributed by atoms with Crippen LogP contribution in [0.2, 0.25) is 0 Å². The van der Waals surface area contributed by atoms with E-state index in [2.05, 4.69) is 30.4 Å². The molecule has 2 aromatic carbocycles. The van der Waals surface area contributed by atoms with Crippen molar-refractivity contribution in [3.63, 3.8) is 0 Å². The zero-order chi connectivity index (χ0) is 31.6. The standard InChI is InChI=1S/C31H39N9O4/c1-18-11-22(41)12-19(2)24(18)15-25(23(28(32)42)9-6-10-36-31(33)34)29(43)38-26(14-21-16-35-17-37-21)30-39-27(40-44-30)13-20-7-4-3-5-8-20/h3-5,7-8,11-12,16-17,23,25-26,41H,6,9-10,13-15H2,1-2H3,(H2,32,42)(H,35,37)(H,38,43)(H4,33,34,36)/t23?,25-,26-/m0/s1. The second-order valence-electron chi connectivity index (χ2n) is 10.9. The Balaban J connectivity index is 1.64. The first-order valence-corrected chi connectivity index (χ1v) is 14.4. The molecule has 2 heterocycles. The molecule has 0 spiro atoms. The average Bonchev–Trinajstić information content (AvgIpc) is 3.65. The number of phenols is 1. The Hall–Kier alpha value is -5.20. The number of rotatable bonds is 15. The normalized spacial score (nSPS) is 13.1. The molecule has 3 atom stereocenters. The summed E-state index contributed by atoms with van der Waals surface area (Å²) in [5.41, 5.74) is 21.0. The number of aromatic hydroxyl groups is 1. The van der Waals surface area contributed by atoms with E-state index >= 15 is 0 Å². The van der Waals surface area contributed by atoms with Crippen LogP contribution in [0.1, 0.15) is 58.5 Å². The molecular weight excluding hydrogens is 562 g/mol. The molecule has 13 heteroatoms. The number of H-pyrrole nitrogens is 1. The zero-order valence-corrected chi connectivity index (χ0v) is 24.9. The van der Waals surface area contributed by atoms with E-state index in [1.54, 1.807) is 24.7 Å². The van der Waals surface area contributed by atoms with Gasteiger partial charge in [0.05, 0.1) is 12.2 Å². The summed E-state index contributed by atoms with van der Waals surface area (Å²) in [5, 5.41) is 17.3. The largest absolute Gasteiger partial charge is 0.508 e. The second-order valence-corrected chi connectivity index (χ2v) is 10.9. The number of carbonyl (C=O) groups is 2. The van der Waals surface area contributed by atoms with Crippen LogP contribution in [-0.2, 0) is 28.9 Å². The van der Waals surface area contributed by atoms with Crippen LogP contribution in [0.4, 0.5) is 0 Å². The maximum atomic E-state index is 14.2. The monoisotopic (exact) mass is 601 g/mol. The fraction of sp³-hybridized carbons (Fsp3) is 0.355. The van der Waals surface area contributed by atoms with Gasteiger partial charge in [0.1, 0.15) is 11.8 Å².